The fourth-order valence-electron chi connectivity index (χ4n) is 2.01. The van der Waals surface area contributed by atoms with Gasteiger partial charge in [-0.15, -0.1) is 11.8 Å². The molecule has 90 valence electrons. The van der Waals surface area contributed by atoms with Crippen LogP contribution >= 0.6 is 11.8 Å². The maximum absolute atomic E-state index is 5.24. The van der Waals surface area contributed by atoms with Gasteiger partial charge >= 0.3 is 0 Å². The largest absolute Gasteiger partial charge is 0.379 e. The van der Waals surface area contributed by atoms with Crippen LogP contribution in [0.3, 0.4) is 0 Å². The van der Waals surface area contributed by atoms with Crippen LogP contribution < -0.4 is 5.32 Å². The SMILES string of the molecule is CCCC(NCC)C(CC)SC1COC1. The highest BCUT2D eigenvalue weighted by Crippen LogP contribution is 2.29. The third-order valence-corrected chi connectivity index (χ3v) is 4.56. The van der Waals surface area contributed by atoms with E-state index < -0.39 is 0 Å². The standard InChI is InChI=1S/C12H25NOS/c1-4-7-11(13-6-3)12(5-2)15-10-8-14-9-10/h10-13H,4-9H2,1-3H3. The molecule has 1 N–H and O–H groups in total. The van der Waals surface area contributed by atoms with E-state index in [0.29, 0.717) is 6.04 Å². The molecule has 0 aromatic carbocycles. The molecule has 0 spiro atoms. The normalized spacial score (nSPS) is 21.0. The highest BCUT2D eigenvalue weighted by Gasteiger charge is 2.26. The van der Waals surface area contributed by atoms with Gasteiger partial charge in [-0.2, -0.15) is 0 Å². The van der Waals surface area contributed by atoms with Gasteiger partial charge in [-0.3, -0.25) is 0 Å². The Kier molecular flexibility index (Phi) is 6.69. The molecule has 0 aromatic heterocycles. The van der Waals surface area contributed by atoms with Gasteiger partial charge in [0.1, 0.15) is 0 Å². The van der Waals surface area contributed by atoms with E-state index in [1.807, 2.05) is 0 Å². The summed E-state index contributed by atoms with van der Waals surface area (Å²) in [5, 5.41) is 5.15. The molecule has 0 saturated carbocycles. The molecule has 1 fully saturated rings. The van der Waals surface area contributed by atoms with E-state index in [2.05, 4.69) is 37.8 Å². The maximum atomic E-state index is 5.24. The first-order chi connectivity index (χ1) is 7.31. The van der Waals surface area contributed by atoms with Crippen LogP contribution in [0.15, 0.2) is 0 Å². The van der Waals surface area contributed by atoms with Crippen LogP contribution in [0.2, 0.25) is 0 Å². The van der Waals surface area contributed by atoms with Crippen molar-refractivity contribution >= 4 is 11.8 Å². The van der Waals surface area contributed by atoms with E-state index in [0.717, 1.165) is 30.3 Å². The van der Waals surface area contributed by atoms with Crippen molar-refractivity contribution in [1.29, 1.82) is 0 Å². The first-order valence-corrected chi connectivity index (χ1v) is 7.22. The molecule has 1 rings (SSSR count). The van der Waals surface area contributed by atoms with Crippen LogP contribution in [0.1, 0.15) is 40.0 Å². The lowest BCUT2D eigenvalue weighted by molar-refractivity contribution is 0.0451. The van der Waals surface area contributed by atoms with Gasteiger partial charge < -0.3 is 10.1 Å². The molecule has 2 unspecified atom stereocenters. The molecular formula is C12H25NOS. The molecule has 15 heavy (non-hydrogen) atoms. The van der Waals surface area contributed by atoms with Crippen LogP contribution in [0.5, 0.6) is 0 Å². The van der Waals surface area contributed by atoms with Crippen LogP contribution in [-0.2, 0) is 4.74 Å². The highest BCUT2D eigenvalue weighted by molar-refractivity contribution is 8.00. The number of nitrogens with one attached hydrogen (secondary N) is 1. The maximum Gasteiger partial charge on any atom is 0.0608 e. The lowest BCUT2D eigenvalue weighted by atomic mass is 10.1. The van der Waals surface area contributed by atoms with Crippen LogP contribution in [0, 0.1) is 0 Å². The van der Waals surface area contributed by atoms with Crippen molar-refractivity contribution in [2.45, 2.75) is 56.6 Å². The minimum absolute atomic E-state index is 0.690. The Morgan fingerprint density at radius 3 is 2.47 bits per heavy atom. The predicted octanol–water partition coefficient (Wildman–Crippen LogP) is 2.68. The zero-order valence-electron chi connectivity index (χ0n) is 10.3. The fraction of sp³-hybridized carbons (Fsp3) is 1.00. The van der Waals surface area contributed by atoms with E-state index in [-0.39, 0.29) is 0 Å². The van der Waals surface area contributed by atoms with Crippen molar-refractivity contribution in [1.82, 2.24) is 5.32 Å². The topological polar surface area (TPSA) is 21.3 Å². The van der Waals surface area contributed by atoms with E-state index in [1.54, 1.807) is 0 Å². The molecule has 1 aliphatic heterocycles. The van der Waals surface area contributed by atoms with Crippen molar-refractivity contribution in [2.75, 3.05) is 19.8 Å². The Labute approximate surface area is 98.5 Å². The third-order valence-electron chi connectivity index (χ3n) is 2.89. The van der Waals surface area contributed by atoms with Crippen molar-refractivity contribution in [3.63, 3.8) is 0 Å². The second-order valence-corrected chi connectivity index (χ2v) is 5.74. The van der Waals surface area contributed by atoms with Gasteiger partial charge in [0, 0.05) is 11.3 Å². The smallest absolute Gasteiger partial charge is 0.0608 e. The fourth-order valence-corrected chi connectivity index (χ4v) is 3.47. The molecule has 2 atom stereocenters. The third kappa shape index (κ3) is 4.33. The zero-order valence-corrected chi connectivity index (χ0v) is 11.1. The van der Waals surface area contributed by atoms with Crippen LogP contribution in [0.25, 0.3) is 0 Å². The molecule has 0 bridgehead atoms. The average Bonchev–Trinajstić information content (AvgIpc) is 2.17. The molecule has 2 nitrogen and oxygen atoms in total. The van der Waals surface area contributed by atoms with Crippen LogP contribution in [0.4, 0.5) is 0 Å². The number of hydrogen-bond donors (Lipinski definition) is 1. The molecule has 0 amide bonds. The number of thioether (sulfide) groups is 1. The molecule has 1 heterocycles. The van der Waals surface area contributed by atoms with Gasteiger partial charge in [-0.1, -0.05) is 27.2 Å². The summed E-state index contributed by atoms with van der Waals surface area (Å²) in [6.45, 7) is 9.79. The Hall–Kier alpha value is 0.270. The second kappa shape index (κ2) is 7.53. The summed E-state index contributed by atoms with van der Waals surface area (Å²) in [5.41, 5.74) is 0. The molecular weight excluding hydrogens is 206 g/mol. The molecule has 0 radical (unpaired) electrons. The van der Waals surface area contributed by atoms with E-state index in [1.165, 1.54) is 19.3 Å². The van der Waals surface area contributed by atoms with Gasteiger partial charge in [0.25, 0.3) is 0 Å². The van der Waals surface area contributed by atoms with Gasteiger partial charge in [-0.05, 0) is 19.4 Å². The van der Waals surface area contributed by atoms with E-state index >= 15 is 0 Å². The van der Waals surface area contributed by atoms with Crippen molar-refractivity contribution in [3.05, 3.63) is 0 Å². The van der Waals surface area contributed by atoms with Gasteiger partial charge in [-0.25, -0.2) is 0 Å². The summed E-state index contributed by atoms with van der Waals surface area (Å²) in [4.78, 5) is 0. The lowest BCUT2D eigenvalue weighted by Gasteiger charge is -2.33. The second-order valence-electron chi connectivity index (χ2n) is 4.20. The Balaban J connectivity index is 2.35. The number of ether oxygens (including phenoxy) is 1. The molecule has 1 aliphatic rings. The Bertz CT molecular complexity index is 156. The van der Waals surface area contributed by atoms with Crippen molar-refractivity contribution in [2.24, 2.45) is 0 Å². The van der Waals surface area contributed by atoms with E-state index in [4.69, 9.17) is 4.74 Å². The molecule has 0 aliphatic carbocycles. The van der Waals surface area contributed by atoms with Gasteiger partial charge in [0.15, 0.2) is 0 Å². The highest BCUT2D eigenvalue weighted by atomic mass is 32.2. The van der Waals surface area contributed by atoms with Crippen molar-refractivity contribution in [3.8, 4) is 0 Å². The summed E-state index contributed by atoms with van der Waals surface area (Å²) in [7, 11) is 0. The minimum atomic E-state index is 0.690. The van der Waals surface area contributed by atoms with E-state index in [9.17, 15) is 0 Å². The quantitative estimate of drug-likeness (QED) is 0.694. The van der Waals surface area contributed by atoms with Crippen molar-refractivity contribution < 1.29 is 4.74 Å². The molecule has 1 saturated heterocycles. The monoisotopic (exact) mass is 231 g/mol. The Morgan fingerprint density at radius 1 is 1.33 bits per heavy atom. The summed E-state index contributed by atoms with van der Waals surface area (Å²) in [5.74, 6) is 0. The average molecular weight is 231 g/mol. The van der Waals surface area contributed by atoms with Crippen LogP contribution in [-0.4, -0.2) is 36.3 Å². The summed E-state index contributed by atoms with van der Waals surface area (Å²) in [6, 6.07) is 0.690. The summed E-state index contributed by atoms with van der Waals surface area (Å²) in [6.07, 6.45) is 3.83. The zero-order chi connectivity index (χ0) is 11.1. The van der Waals surface area contributed by atoms with Gasteiger partial charge in [0.05, 0.1) is 18.5 Å². The number of rotatable bonds is 8. The molecule has 0 aromatic rings. The summed E-state index contributed by atoms with van der Waals surface area (Å²) >= 11 is 2.13. The predicted molar refractivity (Wildman–Crippen MR) is 68.6 cm³/mol. The minimum Gasteiger partial charge on any atom is -0.379 e. The summed E-state index contributed by atoms with van der Waals surface area (Å²) < 4.78 is 5.24. The lowest BCUT2D eigenvalue weighted by Crippen LogP contribution is -2.41. The molecule has 3 heteroatoms. The number of hydrogen-bond acceptors (Lipinski definition) is 3. The first-order valence-electron chi connectivity index (χ1n) is 6.28. The first kappa shape index (κ1) is 13.3. The van der Waals surface area contributed by atoms with Gasteiger partial charge in [0.2, 0.25) is 0 Å². The Morgan fingerprint density at radius 2 is 2.07 bits per heavy atom.